The average Bonchev–Trinajstić information content (AvgIpc) is 3.08. The highest BCUT2D eigenvalue weighted by atomic mass is 16.5. The van der Waals surface area contributed by atoms with Crippen LogP contribution < -0.4 is 16.1 Å². The molecule has 0 aliphatic rings. The molecule has 0 spiro atoms. The molecule has 0 aliphatic heterocycles. The van der Waals surface area contributed by atoms with Crippen LogP contribution >= 0.6 is 0 Å². The lowest BCUT2D eigenvalue weighted by Crippen LogP contribution is -2.31. The third-order valence-corrected chi connectivity index (χ3v) is 4.26. The van der Waals surface area contributed by atoms with Crippen LogP contribution in [0.5, 0.6) is 0 Å². The first-order valence-corrected chi connectivity index (χ1v) is 8.63. The number of urea groups is 1. The van der Waals surface area contributed by atoms with E-state index < -0.39 is 11.9 Å². The SMILES string of the molecule is Cc1noc(-c2ccccc2)c1NC(=O)NC(C)c1ccc(C(=O)NO)cc1. The number of carbonyl (C=O) groups is 2. The number of hydrogen-bond donors (Lipinski definition) is 4. The molecule has 1 unspecified atom stereocenters. The highest BCUT2D eigenvalue weighted by Crippen LogP contribution is 2.30. The molecule has 0 radical (unpaired) electrons. The van der Waals surface area contributed by atoms with E-state index in [4.69, 9.17) is 9.73 Å². The fourth-order valence-corrected chi connectivity index (χ4v) is 2.72. The van der Waals surface area contributed by atoms with E-state index in [0.717, 1.165) is 11.1 Å². The van der Waals surface area contributed by atoms with Crippen molar-refractivity contribution in [3.05, 3.63) is 71.4 Å². The van der Waals surface area contributed by atoms with Gasteiger partial charge in [-0.3, -0.25) is 10.0 Å². The molecule has 4 N–H and O–H groups in total. The topological polar surface area (TPSA) is 116 Å². The average molecular weight is 380 g/mol. The number of carbonyl (C=O) groups excluding carboxylic acids is 2. The maximum Gasteiger partial charge on any atom is 0.319 e. The number of rotatable bonds is 5. The van der Waals surface area contributed by atoms with Crippen molar-refractivity contribution in [1.29, 1.82) is 0 Å². The van der Waals surface area contributed by atoms with Gasteiger partial charge >= 0.3 is 6.03 Å². The number of nitrogens with one attached hydrogen (secondary N) is 3. The lowest BCUT2D eigenvalue weighted by molar-refractivity contribution is 0.0706. The van der Waals surface area contributed by atoms with Gasteiger partial charge in [0.25, 0.3) is 5.91 Å². The van der Waals surface area contributed by atoms with Gasteiger partial charge in [-0.2, -0.15) is 0 Å². The molecule has 2 aromatic carbocycles. The predicted octanol–water partition coefficient (Wildman–Crippen LogP) is 3.65. The molecule has 3 amide bonds. The van der Waals surface area contributed by atoms with E-state index in [9.17, 15) is 9.59 Å². The third-order valence-electron chi connectivity index (χ3n) is 4.26. The Hall–Kier alpha value is -3.65. The van der Waals surface area contributed by atoms with Crippen LogP contribution in [0.3, 0.4) is 0 Å². The fraction of sp³-hybridized carbons (Fsp3) is 0.150. The van der Waals surface area contributed by atoms with Gasteiger partial charge in [-0.05, 0) is 31.5 Å². The molecule has 0 saturated carbocycles. The highest BCUT2D eigenvalue weighted by molar-refractivity contribution is 5.94. The summed E-state index contributed by atoms with van der Waals surface area (Å²) < 4.78 is 5.37. The Bertz CT molecular complexity index is 968. The van der Waals surface area contributed by atoms with Gasteiger partial charge in [0.15, 0.2) is 5.76 Å². The van der Waals surface area contributed by atoms with E-state index in [-0.39, 0.29) is 6.04 Å². The van der Waals surface area contributed by atoms with Gasteiger partial charge in [0, 0.05) is 11.1 Å². The lowest BCUT2D eigenvalue weighted by Gasteiger charge is -2.15. The maximum absolute atomic E-state index is 12.5. The Labute approximate surface area is 161 Å². The molecule has 1 atom stereocenters. The van der Waals surface area contributed by atoms with E-state index >= 15 is 0 Å². The van der Waals surface area contributed by atoms with Crippen molar-refractivity contribution in [2.24, 2.45) is 0 Å². The van der Waals surface area contributed by atoms with Gasteiger partial charge in [0.05, 0.1) is 6.04 Å². The van der Waals surface area contributed by atoms with Gasteiger partial charge in [0.2, 0.25) is 0 Å². The highest BCUT2D eigenvalue weighted by Gasteiger charge is 2.18. The van der Waals surface area contributed by atoms with Crippen LogP contribution in [-0.4, -0.2) is 22.3 Å². The molecular weight excluding hydrogens is 360 g/mol. The first kappa shape index (κ1) is 19.1. The van der Waals surface area contributed by atoms with Crippen molar-refractivity contribution >= 4 is 17.6 Å². The van der Waals surface area contributed by atoms with Crippen molar-refractivity contribution in [2.45, 2.75) is 19.9 Å². The second-order valence-corrected chi connectivity index (χ2v) is 6.22. The summed E-state index contributed by atoms with van der Waals surface area (Å²) in [7, 11) is 0. The number of aromatic nitrogens is 1. The van der Waals surface area contributed by atoms with Crippen LogP contribution in [-0.2, 0) is 0 Å². The molecule has 0 bridgehead atoms. The van der Waals surface area contributed by atoms with E-state index in [1.54, 1.807) is 36.7 Å². The molecule has 0 aliphatic carbocycles. The zero-order valence-corrected chi connectivity index (χ0v) is 15.4. The summed E-state index contributed by atoms with van der Waals surface area (Å²) in [6.45, 7) is 3.57. The molecule has 144 valence electrons. The van der Waals surface area contributed by atoms with Crippen molar-refractivity contribution < 1.29 is 19.3 Å². The van der Waals surface area contributed by atoms with Gasteiger partial charge in [0.1, 0.15) is 11.4 Å². The lowest BCUT2D eigenvalue weighted by atomic mass is 10.1. The number of anilines is 1. The normalized spacial score (nSPS) is 11.5. The van der Waals surface area contributed by atoms with Crippen LogP contribution in [0.25, 0.3) is 11.3 Å². The van der Waals surface area contributed by atoms with E-state index in [0.29, 0.717) is 22.7 Å². The first-order valence-electron chi connectivity index (χ1n) is 8.63. The van der Waals surface area contributed by atoms with Crippen molar-refractivity contribution in [1.82, 2.24) is 16.0 Å². The molecule has 1 aromatic heterocycles. The van der Waals surface area contributed by atoms with E-state index in [2.05, 4.69) is 15.8 Å². The Balaban J connectivity index is 1.69. The predicted molar refractivity (Wildman–Crippen MR) is 103 cm³/mol. The Morgan fingerprint density at radius 1 is 1.07 bits per heavy atom. The van der Waals surface area contributed by atoms with Gasteiger partial charge in [-0.1, -0.05) is 47.6 Å². The number of benzene rings is 2. The fourth-order valence-electron chi connectivity index (χ4n) is 2.72. The maximum atomic E-state index is 12.5. The Kier molecular flexibility index (Phi) is 5.71. The summed E-state index contributed by atoms with van der Waals surface area (Å²) in [5.41, 5.74) is 4.58. The van der Waals surface area contributed by atoms with Crippen LogP contribution in [0.1, 0.15) is 34.6 Å². The Morgan fingerprint density at radius 3 is 2.39 bits per heavy atom. The van der Waals surface area contributed by atoms with Crippen molar-refractivity contribution in [3.63, 3.8) is 0 Å². The number of amides is 3. The van der Waals surface area contributed by atoms with Crippen LogP contribution in [0.15, 0.2) is 59.1 Å². The minimum absolute atomic E-state index is 0.313. The number of hydrogen-bond acceptors (Lipinski definition) is 5. The van der Waals surface area contributed by atoms with Gasteiger partial charge < -0.3 is 15.2 Å². The monoisotopic (exact) mass is 380 g/mol. The summed E-state index contributed by atoms with van der Waals surface area (Å²) >= 11 is 0. The molecule has 28 heavy (non-hydrogen) atoms. The third kappa shape index (κ3) is 4.18. The van der Waals surface area contributed by atoms with Gasteiger partial charge in [-0.25, -0.2) is 10.3 Å². The van der Waals surface area contributed by atoms with E-state index in [1.165, 1.54) is 0 Å². The first-order chi connectivity index (χ1) is 13.5. The zero-order chi connectivity index (χ0) is 20.1. The zero-order valence-electron chi connectivity index (χ0n) is 15.4. The minimum atomic E-state index is -0.596. The van der Waals surface area contributed by atoms with Crippen LogP contribution in [0.4, 0.5) is 10.5 Å². The largest absolute Gasteiger partial charge is 0.354 e. The quantitative estimate of drug-likeness (QED) is 0.398. The molecule has 8 nitrogen and oxygen atoms in total. The number of nitrogens with zero attached hydrogens (tertiary/aromatic N) is 1. The minimum Gasteiger partial charge on any atom is -0.354 e. The van der Waals surface area contributed by atoms with Crippen molar-refractivity contribution in [3.8, 4) is 11.3 Å². The van der Waals surface area contributed by atoms with Crippen molar-refractivity contribution in [2.75, 3.05) is 5.32 Å². The second-order valence-electron chi connectivity index (χ2n) is 6.22. The van der Waals surface area contributed by atoms with Crippen LogP contribution in [0, 0.1) is 6.92 Å². The molecule has 3 aromatic rings. The van der Waals surface area contributed by atoms with Gasteiger partial charge in [-0.15, -0.1) is 0 Å². The Morgan fingerprint density at radius 2 is 1.75 bits per heavy atom. The number of aryl methyl sites for hydroxylation is 1. The molecule has 1 heterocycles. The molecule has 3 rings (SSSR count). The molecular formula is C20H20N4O4. The summed E-state index contributed by atoms with van der Waals surface area (Å²) in [4.78, 5) is 23.8. The summed E-state index contributed by atoms with van der Waals surface area (Å²) in [6, 6.07) is 15.2. The van der Waals surface area contributed by atoms with E-state index in [1.807, 2.05) is 37.3 Å². The second kappa shape index (κ2) is 8.36. The molecule has 8 heteroatoms. The summed E-state index contributed by atoms with van der Waals surface area (Å²) in [6.07, 6.45) is 0. The standard InChI is InChI=1S/C20H20N4O4/c1-12(14-8-10-16(11-9-14)19(25)23-27)21-20(26)22-17-13(2)24-28-18(17)15-6-4-3-5-7-15/h3-12,27H,1-2H3,(H,23,25)(H2,21,22,26). The summed E-state index contributed by atoms with van der Waals surface area (Å²) in [5, 5.41) is 18.2. The summed E-state index contributed by atoms with van der Waals surface area (Å²) in [5.74, 6) is -0.110. The smallest absolute Gasteiger partial charge is 0.319 e. The number of hydroxylamine groups is 1. The molecule has 0 fully saturated rings. The molecule has 0 saturated heterocycles. The van der Waals surface area contributed by atoms with Crippen LogP contribution in [0.2, 0.25) is 0 Å².